The molecule has 5 nitrogen and oxygen atoms in total. The highest BCUT2D eigenvalue weighted by Gasteiger charge is 2.14. The maximum Gasteiger partial charge on any atom is 0.311 e. The van der Waals surface area contributed by atoms with Crippen LogP contribution in [0, 0.1) is 17.0 Å². The summed E-state index contributed by atoms with van der Waals surface area (Å²) in [7, 11) is 0. The zero-order chi connectivity index (χ0) is 11.3. The first kappa shape index (κ1) is 11.8. The zero-order valence-electron chi connectivity index (χ0n) is 8.69. The van der Waals surface area contributed by atoms with Crippen molar-refractivity contribution in [3.05, 3.63) is 27.9 Å². The molecule has 1 rings (SSSR count). The van der Waals surface area contributed by atoms with E-state index < -0.39 is 4.92 Å². The summed E-state index contributed by atoms with van der Waals surface area (Å²) in [6.45, 7) is 2.49. The average molecular weight is 227 g/mol. The lowest BCUT2D eigenvalue weighted by molar-refractivity contribution is -0.384. The van der Waals surface area contributed by atoms with E-state index in [9.17, 15) is 10.1 Å². The largest absolute Gasteiger partial charge is 0.364 e. The van der Waals surface area contributed by atoms with Crippen LogP contribution < -0.4 is 5.32 Å². The minimum absolute atomic E-state index is 0.0294. The molecule has 15 heavy (non-hydrogen) atoms. The molecule has 0 aliphatic heterocycles. The third-order valence-electron chi connectivity index (χ3n) is 1.81. The summed E-state index contributed by atoms with van der Waals surface area (Å²) in [6.07, 6.45) is 1.99. The highest BCUT2D eigenvalue weighted by atomic mass is 32.2. The first-order chi connectivity index (χ1) is 7.15. The highest BCUT2D eigenvalue weighted by Crippen LogP contribution is 2.21. The molecule has 1 N–H and O–H groups in total. The second-order valence-corrected chi connectivity index (χ2v) is 3.98. The van der Waals surface area contributed by atoms with Crippen LogP contribution in [0.2, 0.25) is 0 Å². The predicted molar refractivity (Wildman–Crippen MR) is 62.5 cm³/mol. The lowest BCUT2D eigenvalue weighted by Gasteiger charge is -2.05. The second-order valence-electron chi connectivity index (χ2n) is 3.00. The summed E-state index contributed by atoms with van der Waals surface area (Å²) in [5.74, 6) is 1.25. The van der Waals surface area contributed by atoms with E-state index in [1.807, 2.05) is 13.2 Å². The summed E-state index contributed by atoms with van der Waals surface area (Å²) in [6, 6.07) is 3.11. The standard InChI is InChI=1S/C9H13N3O2S/c1-7-3-4-8(12(13)14)9(11-7)10-5-6-15-2/h3-4H,5-6H2,1-2H3,(H,10,11). The Bertz CT molecular complexity index is 357. The quantitative estimate of drug-likeness (QED) is 0.474. The molecule has 1 aromatic heterocycles. The SMILES string of the molecule is CSCCNc1nc(C)ccc1[N+](=O)[O-]. The van der Waals surface area contributed by atoms with Crippen molar-refractivity contribution in [3.8, 4) is 0 Å². The monoisotopic (exact) mass is 227 g/mol. The number of pyridine rings is 1. The van der Waals surface area contributed by atoms with Crippen LogP contribution in [-0.4, -0.2) is 28.5 Å². The number of nitrogens with one attached hydrogen (secondary N) is 1. The minimum Gasteiger partial charge on any atom is -0.364 e. The Hall–Kier alpha value is -1.30. The first-order valence-corrected chi connectivity index (χ1v) is 5.89. The smallest absolute Gasteiger partial charge is 0.311 e. The van der Waals surface area contributed by atoms with Gasteiger partial charge >= 0.3 is 5.69 Å². The third-order valence-corrected chi connectivity index (χ3v) is 2.42. The van der Waals surface area contributed by atoms with Gasteiger partial charge in [0.25, 0.3) is 0 Å². The molecule has 0 amide bonds. The number of nitro groups is 1. The summed E-state index contributed by atoms with van der Waals surface area (Å²) in [5.41, 5.74) is 0.800. The van der Waals surface area contributed by atoms with Crippen molar-refractivity contribution in [1.29, 1.82) is 0 Å². The molecule has 1 heterocycles. The molecule has 0 spiro atoms. The van der Waals surface area contributed by atoms with Crippen LogP contribution >= 0.6 is 11.8 Å². The van der Waals surface area contributed by atoms with E-state index in [1.165, 1.54) is 6.07 Å². The Morgan fingerprint density at radius 3 is 2.93 bits per heavy atom. The number of thioether (sulfide) groups is 1. The summed E-state index contributed by atoms with van der Waals surface area (Å²) in [5, 5.41) is 13.6. The number of hydrogen-bond donors (Lipinski definition) is 1. The van der Waals surface area contributed by atoms with Crippen molar-refractivity contribution in [2.75, 3.05) is 23.9 Å². The zero-order valence-corrected chi connectivity index (χ0v) is 9.50. The van der Waals surface area contributed by atoms with E-state index in [1.54, 1.807) is 17.8 Å². The van der Waals surface area contributed by atoms with Crippen molar-refractivity contribution in [1.82, 2.24) is 4.98 Å². The van der Waals surface area contributed by atoms with Gasteiger partial charge in [0.15, 0.2) is 0 Å². The van der Waals surface area contributed by atoms with Gasteiger partial charge in [0.2, 0.25) is 5.82 Å². The number of nitrogens with zero attached hydrogens (tertiary/aromatic N) is 2. The molecule has 0 aliphatic rings. The van der Waals surface area contributed by atoms with Gasteiger partial charge in [0, 0.05) is 24.1 Å². The van der Waals surface area contributed by atoms with Crippen molar-refractivity contribution in [3.63, 3.8) is 0 Å². The van der Waals surface area contributed by atoms with Gasteiger partial charge in [0.1, 0.15) is 0 Å². The lowest BCUT2D eigenvalue weighted by Crippen LogP contribution is -2.08. The van der Waals surface area contributed by atoms with Crippen molar-refractivity contribution in [2.24, 2.45) is 0 Å². The second kappa shape index (κ2) is 5.55. The Labute approximate surface area is 92.4 Å². The van der Waals surface area contributed by atoms with Crippen LogP contribution in [0.15, 0.2) is 12.1 Å². The fourth-order valence-corrected chi connectivity index (χ4v) is 1.40. The molecule has 0 atom stereocenters. The Balaban J connectivity index is 2.82. The van der Waals surface area contributed by atoms with Crippen LogP contribution in [-0.2, 0) is 0 Å². The first-order valence-electron chi connectivity index (χ1n) is 4.50. The molecule has 82 valence electrons. The molecule has 0 aromatic carbocycles. The number of hydrogen-bond acceptors (Lipinski definition) is 5. The fourth-order valence-electron chi connectivity index (χ4n) is 1.10. The topological polar surface area (TPSA) is 68.1 Å². The molecular weight excluding hydrogens is 214 g/mol. The highest BCUT2D eigenvalue weighted by molar-refractivity contribution is 7.98. The van der Waals surface area contributed by atoms with E-state index in [4.69, 9.17) is 0 Å². The molecule has 0 bridgehead atoms. The van der Waals surface area contributed by atoms with Gasteiger partial charge in [-0.25, -0.2) is 4.98 Å². The fraction of sp³-hybridized carbons (Fsp3) is 0.444. The minimum atomic E-state index is -0.423. The van der Waals surface area contributed by atoms with Crippen LogP contribution in [0.3, 0.4) is 0 Å². The lowest BCUT2D eigenvalue weighted by atomic mass is 10.3. The normalized spacial score (nSPS) is 10.0. The van der Waals surface area contributed by atoms with Gasteiger partial charge in [-0.3, -0.25) is 10.1 Å². The van der Waals surface area contributed by atoms with Crippen LogP contribution in [0.4, 0.5) is 11.5 Å². The predicted octanol–water partition coefficient (Wildman–Crippen LogP) is 2.07. The van der Waals surface area contributed by atoms with Crippen molar-refractivity contribution >= 4 is 23.3 Å². The van der Waals surface area contributed by atoms with Crippen LogP contribution in [0.1, 0.15) is 5.69 Å². The average Bonchev–Trinajstić information content (AvgIpc) is 2.18. The van der Waals surface area contributed by atoms with Gasteiger partial charge in [-0.15, -0.1) is 0 Å². The number of aromatic nitrogens is 1. The Kier molecular flexibility index (Phi) is 4.36. The molecular formula is C9H13N3O2S. The summed E-state index contributed by atoms with van der Waals surface area (Å²) < 4.78 is 0. The summed E-state index contributed by atoms with van der Waals surface area (Å²) >= 11 is 1.68. The molecule has 6 heteroatoms. The number of aryl methyl sites for hydroxylation is 1. The van der Waals surface area contributed by atoms with Gasteiger partial charge in [-0.1, -0.05) is 0 Å². The van der Waals surface area contributed by atoms with Gasteiger partial charge in [0.05, 0.1) is 4.92 Å². The van der Waals surface area contributed by atoms with Crippen molar-refractivity contribution < 1.29 is 4.92 Å². The molecule has 0 saturated carbocycles. The number of rotatable bonds is 5. The van der Waals surface area contributed by atoms with E-state index in [2.05, 4.69) is 10.3 Å². The molecule has 0 radical (unpaired) electrons. The molecule has 0 saturated heterocycles. The van der Waals surface area contributed by atoms with E-state index in [0.717, 1.165) is 11.4 Å². The van der Waals surface area contributed by atoms with E-state index in [-0.39, 0.29) is 5.69 Å². The van der Waals surface area contributed by atoms with Gasteiger partial charge < -0.3 is 5.32 Å². The maximum atomic E-state index is 10.7. The molecule has 0 aliphatic carbocycles. The van der Waals surface area contributed by atoms with Crippen molar-refractivity contribution in [2.45, 2.75) is 6.92 Å². The molecule has 1 aromatic rings. The maximum absolute atomic E-state index is 10.7. The Morgan fingerprint density at radius 1 is 1.60 bits per heavy atom. The molecule has 0 fully saturated rings. The van der Waals surface area contributed by atoms with Crippen LogP contribution in [0.25, 0.3) is 0 Å². The molecule has 0 unspecified atom stereocenters. The Morgan fingerprint density at radius 2 is 2.33 bits per heavy atom. The number of anilines is 1. The van der Waals surface area contributed by atoms with Gasteiger partial charge in [-0.05, 0) is 19.2 Å². The van der Waals surface area contributed by atoms with E-state index >= 15 is 0 Å². The van der Waals surface area contributed by atoms with Crippen LogP contribution in [0.5, 0.6) is 0 Å². The van der Waals surface area contributed by atoms with E-state index in [0.29, 0.717) is 12.4 Å². The third kappa shape index (κ3) is 3.39. The summed E-state index contributed by atoms with van der Waals surface area (Å²) in [4.78, 5) is 14.4. The van der Waals surface area contributed by atoms with Gasteiger partial charge in [-0.2, -0.15) is 11.8 Å².